The Hall–Kier alpha value is -2.08. The van der Waals surface area contributed by atoms with E-state index in [2.05, 4.69) is 36.5 Å². The fourth-order valence-electron chi connectivity index (χ4n) is 3.07. The zero-order chi connectivity index (χ0) is 19.2. The van der Waals surface area contributed by atoms with Crippen molar-refractivity contribution in [2.24, 2.45) is 0 Å². The van der Waals surface area contributed by atoms with Crippen molar-refractivity contribution in [1.29, 1.82) is 0 Å². The van der Waals surface area contributed by atoms with Crippen molar-refractivity contribution in [1.82, 2.24) is 10.2 Å². The topological polar surface area (TPSA) is 63.1 Å². The lowest BCUT2D eigenvalue weighted by Crippen LogP contribution is -3.13. The molecule has 0 aliphatic carbocycles. The second-order valence-electron chi connectivity index (χ2n) is 7.91. The number of piperazine rings is 1. The van der Waals surface area contributed by atoms with Gasteiger partial charge in [-0.25, -0.2) is 4.79 Å². The minimum Gasteiger partial charge on any atom is -0.444 e. The van der Waals surface area contributed by atoms with Crippen LogP contribution >= 0.6 is 0 Å². The predicted molar refractivity (Wildman–Crippen MR) is 101 cm³/mol. The summed E-state index contributed by atoms with van der Waals surface area (Å²) in [7, 11) is 0. The number of nitrogens with one attached hydrogen (secondary N) is 2. The maximum Gasteiger partial charge on any atom is 0.407 e. The van der Waals surface area contributed by atoms with Gasteiger partial charge in [0.25, 0.3) is 0 Å². The Morgan fingerprint density at radius 1 is 1.19 bits per heavy atom. The van der Waals surface area contributed by atoms with Crippen molar-refractivity contribution < 1.29 is 19.2 Å². The van der Waals surface area contributed by atoms with E-state index in [-0.39, 0.29) is 5.91 Å². The lowest BCUT2D eigenvalue weighted by Gasteiger charge is -2.32. The third kappa shape index (κ3) is 6.67. The molecule has 26 heavy (non-hydrogen) atoms. The molecular formula is C20H32N3O3+. The van der Waals surface area contributed by atoms with E-state index >= 15 is 0 Å². The van der Waals surface area contributed by atoms with Crippen LogP contribution in [0.4, 0.5) is 4.79 Å². The quantitative estimate of drug-likeness (QED) is 0.826. The third-order valence-electron chi connectivity index (χ3n) is 4.53. The summed E-state index contributed by atoms with van der Waals surface area (Å²) >= 11 is 0. The van der Waals surface area contributed by atoms with Crippen LogP contribution in [0.2, 0.25) is 0 Å². The first kappa shape index (κ1) is 20.2. The molecule has 1 saturated heterocycles. The van der Waals surface area contributed by atoms with Crippen LogP contribution in [0.5, 0.6) is 0 Å². The zero-order valence-corrected chi connectivity index (χ0v) is 16.4. The molecule has 6 nitrogen and oxygen atoms in total. The molecule has 2 N–H and O–H groups in total. The van der Waals surface area contributed by atoms with Crippen molar-refractivity contribution in [3.8, 4) is 0 Å². The molecular weight excluding hydrogens is 330 g/mol. The van der Waals surface area contributed by atoms with Crippen LogP contribution in [0.3, 0.4) is 0 Å². The van der Waals surface area contributed by atoms with Crippen LogP contribution in [-0.4, -0.2) is 55.2 Å². The number of ether oxygens (including phenoxy) is 1. The standard InChI is InChI=1S/C20H31N3O3/c1-16-7-5-6-8-17(16)15-22-11-13-23(14-12-22)18(24)9-10-21-19(25)26-20(2,3)4/h5-8H,9-15H2,1-4H3,(H,21,25)/p+1. The molecule has 2 amide bonds. The molecule has 1 aliphatic heterocycles. The molecule has 1 aromatic rings. The van der Waals surface area contributed by atoms with Gasteiger partial charge in [0.1, 0.15) is 12.1 Å². The molecule has 0 radical (unpaired) electrons. The lowest BCUT2D eigenvalue weighted by molar-refractivity contribution is -0.917. The first-order valence-corrected chi connectivity index (χ1v) is 9.37. The van der Waals surface area contributed by atoms with Crippen LogP contribution in [0.1, 0.15) is 38.3 Å². The SMILES string of the molecule is Cc1ccccc1C[NH+]1CCN(C(=O)CCNC(=O)OC(C)(C)C)CC1. The number of quaternary nitrogens is 1. The number of hydrogen-bond donors (Lipinski definition) is 2. The fourth-order valence-corrected chi connectivity index (χ4v) is 3.07. The van der Waals surface area contributed by atoms with Crippen LogP contribution < -0.4 is 10.2 Å². The molecule has 0 spiro atoms. The Balaban J connectivity index is 1.68. The van der Waals surface area contributed by atoms with E-state index in [4.69, 9.17) is 4.74 Å². The van der Waals surface area contributed by atoms with E-state index in [1.807, 2.05) is 25.7 Å². The summed E-state index contributed by atoms with van der Waals surface area (Å²) in [5, 5.41) is 2.64. The summed E-state index contributed by atoms with van der Waals surface area (Å²) in [5.74, 6) is 0.0935. The summed E-state index contributed by atoms with van der Waals surface area (Å²) in [4.78, 5) is 27.3. The van der Waals surface area contributed by atoms with Gasteiger partial charge in [0, 0.05) is 18.5 Å². The van der Waals surface area contributed by atoms with E-state index in [9.17, 15) is 9.59 Å². The molecule has 0 atom stereocenters. The van der Waals surface area contributed by atoms with Gasteiger partial charge in [-0.05, 0) is 33.3 Å². The monoisotopic (exact) mass is 362 g/mol. The van der Waals surface area contributed by atoms with E-state index in [1.165, 1.54) is 16.0 Å². The van der Waals surface area contributed by atoms with Crippen molar-refractivity contribution in [3.63, 3.8) is 0 Å². The first-order valence-electron chi connectivity index (χ1n) is 9.37. The Morgan fingerprint density at radius 2 is 1.85 bits per heavy atom. The molecule has 2 rings (SSSR count). The Labute approximate surface area is 156 Å². The Kier molecular flexibility index (Phi) is 7.03. The van der Waals surface area contributed by atoms with Gasteiger partial charge in [-0.3, -0.25) is 4.79 Å². The molecule has 6 heteroatoms. The minimum absolute atomic E-state index is 0.0935. The van der Waals surface area contributed by atoms with E-state index in [0.717, 1.165) is 32.7 Å². The number of carbonyl (C=O) groups excluding carboxylic acids is 2. The van der Waals surface area contributed by atoms with Crippen LogP contribution in [0.15, 0.2) is 24.3 Å². The highest BCUT2D eigenvalue weighted by molar-refractivity contribution is 5.77. The van der Waals surface area contributed by atoms with Gasteiger partial charge < -0.3 is 19.9 Å². The molecule has 0 bridgehead atoms. The number of benzene rings is 1. The number of nitrogens with zero attached hydrogens (tertiary/aromatic N) is 1. The zero-order valence-electron chi connectivity index (χ0n) is 16.4. The van der Waals surface area contributed by atoms with Crippen molar-refractivity contribution in [2.45, 2.75) is 46.3 Å². The number of carbonyl (C=O) groups is 2. The Morgan fingerprint density at radius 3 is 2.46 bits per heavy atom. The maximum atomic E-state index is 12.3. The van der Waals surface area contributed by atoms with Gasteiger partial charge in [-0.2, -0.15) is 0 Å². The second kappa shape index (κ2) is 9.03. The molecule has 1 fully saturated rings. The molecule has 1 aromatic carbocycles. The average Bonchev–Trinajstić information content (AvgIpc) is 2.56. The average molecular weight is 362 g/mol. The second-order valence-corrected chi connectivity index (χ2v) is 7.91. The van der Waals surface area contributed by atoms with Crippen LogP contribution in [0.25, 0.3) is 0 Å². The summed E-state index contributed by atoms with van der Waals surface area (Å²) in [6, 6.07) is 8.48. The van der Waals surface area contributed by atoms with Gasteiger partial charge in [0.15, 0.2) is 0 Å². The lowest BCUT2D eigenvalue weighted by atomic mass is 10.1. The highest BCUT2D eigenvalue weighted by atomic mass is 16.6. The molecule has 0 saturated carbocycles. The number of hydrogen-bond acceptors (Lipinski definition) is 3. The largest absolute Gasteiger partial charge is 0.444 e. The Bertz CT molecular complexity index is 617. The smallest absolute Gasteiger partial charge is 0.407 e. The predicted octanol–water partition coefficient (Wildman–Crippen LogP) is 1.14. The molecule has 1 heterocycles. The molecule has 0 aromatic heterocycles. The van der Waals surface area contributed by atoms with E-state index < -0.39 is 11.7 Å². The number of alkyl carbamates (subject to hydrolysis) is 1. The van der Waals surface area contributed by atoms with Crippen LogP contribution in [-0.2, 0) is 16.1 Å². The highest BCUT2D eigenvalue weighted by Crippen LogP contribution is 2.07. The van der Waals surface area contributed by atoms with E-state index in [1.54, 1.807) is 0 Å². The summed E-state index contributed by atoms with van der Waals surface area (Å²) in [6.45, 7) is 12.4. The van der Waals surface area contributed by atoms with Gasteiger partial charge in [-0.15, -0.1) is 0 Å². The van der Waals surface area contributed by atoms with E-state index in [0.29, 0.717) is 13.0 Å². The normalized spacial score (nSPS) is 15.6. The van der Waals surface area contributed by atoms with Gasteiger partial charge in [0.2, 0.25) is 5.91 Å². The van der Waals surface area contributed by atoms with Crippen LogP contribution in [0, 0.1) is 6.92 Å². The molecule has 144 valence electrons. The highest BCUT2D eigenvalue weighted by Gasteiger charge is 2.24. The van der Waals surface area contributed by atoms with Crippen molar-refractivity contribution >= 4 is 12.0 Å². The summed E-state index contributed by atoms with van der Waals surface area (Å²) in [6.07, 6.45) is -0.162. The van der Waals surface area contributed by atoms with Gasteiger partial charge in [-0.1, -0.05) is 24.3 Å². The van der Waals surface area contributed by atoms with Gasteiger partial charge in [0.05, 0.1) is 26.2 Å². The first-order chi connectivity index (χ1) is 12.2. The third-order valence-corrected chi connectivity index (χ3v) is 4.53. The molecule has 1 aliphatic rings. The number of amides is 2. The van der Waals surface area contributed by atoms with Crippen molar-refractivity contribution in [3.05, 3.63) is 35.4 Å². The number of aryl methyl sites for hydroxylation is 1. The van der Waals surface area contributed by atoms with Crippen molar-refractivity contribution in [2.75, 3.05) is 32.7 Å². The number of rotatable bonds is 5. The summed E-state index contributed by atoms with van der Waals surface area (Å²) in [5.41, 5.74) is 2.18. The maximum absolute atomic E-state index is 12.3. The van der Waals surface area contributed by atoms with Gasteiger partial charge >= 0.3 is 6.09 Å². The minimum atomic E-state index is -0.524. The summed E-state index contributed by atoms with van der Waals surface area (Å²) < 4.78 is 5.17. The molecule has 0 unspecified atom stereocenters. The fraction of sp³-hybridized carbons (Fsp3) is 0.600.